The van der Waals surface area contributed by atoms with E-state index < -0.39 is 0 Å². The molecule has 0 amide bonds. The molecule has 0 aliphatic heterocycles. The van der Waals surface area contributed by atoms with E-state index in [4.69, 9.17) is 19.7 Å². The predicted octanol–water partition coefficient (Wildman–Crippen LogP) is 3.14. The molecular weight excluding hydrogens is 312 g/mol. The van der Waals surface area contributed by atoms with Crippen LogP contribution in [0, 0.1) is 0 Å². The van der Waals surface area contributed by atoms with Crippen LogP contribution in [-0.4, -0.2) is 35.4 Å². The molecule has 0 heterocycles. The minimum Gasteiger partial charge on any atom is -0.508 e. The number of benzene rings is 2. The van der Waals surface area contributed by atoms with Gasteiger partial charge in [-0.2, -0.15) is 0 Å². The summed E-state index contributed by atoms with van der Waals surface area (Å²) in [5, 5.41) is 17.8. The predicted molar refractivity (Wildman–Crippen MR) is 88.1 cm³/mol. The Morgan fingerprint density at radius 3 is 1.25 bits per heavy atom. The molecule has 0 atom stereocenters. The summed E-state index contributed by atoms with van der Waals surface area (Å²) in [6.45, 7) is 4.22. The molecule has 0 unspecified atom stereocenters. The molecule has 24 heavy (non-hydrogen) atoms. The summed E-state index contributed by atoms with van der Waals surface area (Å²) in [5.41, 5.74) is 0.907. The van der Waals surface area contributed by atoms with Gasteiger partial charge >= 0.3 is 11.9 Å². The van der Waals surface area contributed by atoms with Gasteiger partial charge in [-0.05, 0) is 62.4 Å². The SMILES string of the molecule is CCOC(=O)c1ccc(O)cc1.CCOC(=O)c1ccc(O)cc1. The van der Waals surface area contributed by atoms with Crippen molar-refractivity contribution in [2.24, 2.45) is 0 Å². The first-order chi connectivity index (χ1) is 11.5. The van der Waals surface area contributed by atoms with Crippen LogP contribution in [0.2, 0.25) is 0 Å². The molecule has 6 nitrogen and oxygen atoms in total. The van der Waals surface area contributed by atoms with Crippen molar-refractivity contribution >= 4 is 11.9 Å². The molecule has 0 saturated carbocycles. The maximum absolute atomic E-state index is 11.1. The van der Waals surface area contributed by atoms with Crippen molar-refractivity contribution in [3.8, 4) is 11.5 Å². The van der Waals surface area contributed by atoms with Gasteiger partial charge in [0, 0.05) is 0 Å². The van der Waals surface area contributed by atoms with E-state index in [-0.39, 0.29) is 23.4 Å². The van der Waals surface area contributed by atoms with Gasteiger partial charge < -0.3 is 19.7 Å². The summed E-state index contributed by atoms with van der Waals surface area (Å²) in [7, 11) is 0. The zero-order valence-corrected chi connectivity index (χ0v) is 13.6. The maximum Gasteiger partial charge on any atom is 0.338 e. The molecule has 0 spiro atoms. The highest BCUT2D eigenvalue weighted by Gasteiger charge is 2.05. The fourth-order valence-electron chi connectivity index (χ4n) is 1.62. The summed E-state index contributed by atoms with van der Waals surface area (Å²) in [6, 6.07) is 11.9. The number of aromatic hydroxyl groups is 2. The molecule has 128 valence electrons. The second kappa shape index (κ2) is 9.89. The smallest absolute Gasteiger partial charge is 0.338 e. The second-order valence-corrected chi connectivity index (χ2v) is 4.53. The first-order valence-corrected chi connectivity index (χ1v) is 7.40. The largest absolute Gasteiger partial charge is 0.508 e. The standard InChI is InChI=1S/2C9H10O3/c2*1-2-12-9(11)7-3-5-8(10)6-4-7/h2*3-6,10H,2H2,1H3. The quantitative estimate of drug-likeness (QED) is 0.836. The lowest BCUT2D eigenvalue weighted by molar-refractivity contribution is 0.0516. The molecule has 2 aromatic carbocycles. The van der Waals surface area contributed by atoms with Gasteiger partial charge in [0.25, 0.3) is 0 Å². The minimum absolute atomic E-state index is 0.142. The van der Waals surface area contributed by atoms with Gasteiger partial charge in [0.15, 0.2) is 0 Å². The van der Waals surface area contributed by atoms with E-state index in [0.717, 1.165) is 0 Å². The van der Waals surface area contributed by atoms with Crippen LogP contribution in [0.1, 0.15) is 34.6 Å². The highest BCUT2D eigenvalue weighted by molar-refractivity contribution is 5.89. The molecule has 0 aliphatic rings. The number of hydrogen-bond donors (Lipinski definition) is 2. The summed E-state index contributed by atoms with van der Waals surface area (Å²) < 4.78 is 9.49. The van der Waals surface area contributed by atoms with Crippen molar-refractivity contribution in [3.05, 3.63) is 59.7 Å². The Labute approximate surface area is 140 Å². The summed E-state index contributed by atoms with van der Waals surface area (Å²) in [5.74, 6) is -0.443. The third kappa shape index (κ3) is 6.39. The molecule has 2 rings (SSSR count). The van der Waals surface area contributed by atoms with Crippen molar-refractivity contribution < 1.29 is 29.3 Å². The number of hydrogen-bond acceptors (Lipinski definition) is 6. The third-order valence-electron chi connectivity index (χ3n) is 2.76. The maximum atomic E-state index is 11.1. The van der Waals surface area contributed by atoms with Crippen LogP contribution in [0.3, 0.4) is 0 Å². The second-order valence-electron chi connectivity index (χ2n) is 4.53. The Morgan fingerprint density at radius 1 is 0.708 bits per heavy atom. The van der Waals surface area contributed by atoms with Crippen molar-refractivity contribution in [1.82, 2.24) is 0 Å². The number of phenolic OH excluding ortho intramolecular Hbond substituents is 2. The van der Waals surface area contributed by atoms with E-state index in [1.54, 1.807) is 13.8 Å². The van der Waals surface area contributed by atoms with Crippen LogP contribution in [-0.2, 0) is 9.47 Å². The van der Waals surface area contributed by atoms with Gasteiger partial charge in [-0.3, -0.25) is 0 Å². The average molecular weight is 332 g/mol. The minimum atomic E-state index is -0.363. The number of carbonyl (C=O) groups excluding carboxylic acids is 2. The monoisotopic (exact) mass is 332 g/mol. The summed E-state index contributed by atoms with van der Waals surface area (Å²) in [4.78, 5) is 22.1. The lowest BCUT2D eigenvalue weighted by Gasteiger charge is -2.00. The van der Waals surface area contributed by atoms with Gasteiger partial charge in [0.05, 0.1) is 24.3 Å². The van der Waals surface area contributed by atoms with E-state index in [9.17, 15) is 9.59 Å². The molecule has 6 heteroatoms. The third-order valence-corrected chi connectivity index (χ3v) is 2.76. The van der Waals surface area contributed by atoms with E-state index in [0.29, 0.717) is 24.3 Å². The van der Waals surface area contributed by atoms with Gasteiger partial charge in [-0.25, -0.2) is 9.59 Å². The van der Waals surface area contributed by atoms with E-state index >= 15 is 0 Å². The molecule has 0 fully saturated rings. The van der Waals surface area contributed by atoms with Crippen LogP contribution in [0.25, 0.3) is 0 Å². The first kappa shape index (κ1) is 19.0. The Hall–Kier alpha value is -3.02. The van der Waals surface area contributed by atoms with Crippen LogP contribution >= 0.6 is 0 Å². The average Bonchev–Trinajstić information content (AvgIpc) is 2.57. The summed E-state index contributed by atoms with van der Waals surface area (Å²) in [6.07, 6.45) is 0. The van der Waals surface area contributed by atoms with E-state index in [2.05, 4.69) is 0 Å². The lowest BCUT2D eigenvalue weighted by Crippen LogP contribution is -2.03. The lowest BCUT2D eigenvalue weighted by atomic mass is 10.2. The fourth-order valence-corrected chi connectivity index (χ4v) is 1.62. The topological polar surface area (TPSA) is 93.1 Å². The summed E-state index contributed by atoms with van der Waals surface area (Å²) >= 11 is 0. The van der Waals surface area contributed by atoms with Gasteiger partial charge in [-0.1, -0.05) is 0 Å². The Bertz CT molecular complexity index is 587. The molecule has 0 radical (unpaired) electrons. The van der Waals surface area contributed by atoms with Crippen LogP contribution in [0.15, 0.2) is 48.5 Å². The normalized spacial score (nSPS) is 9.42. The van der Waals surface area contributed by atoms with Gasteiger partial charge in [0.2, 0.25) is 0 Å². The molecule has 0 aromatic heterocycles. The molecule has 0 aliphatic carbocycles. The van der Waals surface area contributed by atoms with Gasteiger partial charge in [-0.15, -0.1) is 0 Å². The van der Waals surface area contributed by atoms with Crippen molar-refractivity contribution in [2.45, 2.75) is 13.8 Å². The molecule has 2 aromatic rings. The van der Waals surface area contributed by atoms with Crippen LogP contribution in [0.5, 0.6) is 11.5 Å². The number of carbonyl (C=O) groups is 2. The molecule has 2 N–H and O–H groups in total. The Balaban J connectivity index is 0.000000240. The van der Waals surface area contributed by atoms with Crippen molar-refractivity contribution in [2.75, 3.05) is 13.2 Å². The first-order valence-electron chi connectivity index (χ1n) is 7.40. The number of phenols is 2. The highest BCUT2D eigenvalue weighted by Crippen LogP contribution is 2.11. The zero-order valence-electron chi connectivity index (χ0n) is 13.6. The van der Waals surface area contributed by atoms with Crippen LogP contribution < -0.4 is 0 Å². The highest BCUT2D eigenvalue weighted by atomic mass is 16.5. The van der Waals surface area contributed by atoms with E-state index in [1.165, 1.54) is 48.5 Å². The molecular formula is C18H20O6. The number of esters is 2. The van der Waals surface area contributed by atoms with Gasteiger partial charge in [0.1, 0.15) is 11.5 Å². The molecule has 0 saturated heterocycles. The fraction of sp³-hybridized carbons (Fsp3) is 0.222. The Morgan fingerprint density at radius 2 is 1.00 bits per heavy atom. The zero-order chi connectivity index (χ0) is 17.9. The van der Waals surface area contributed by atoms with Crippen molar-refractivity contribution in [3.63, 3.8) is 0 Å². The van der Waals surface area contributed by atoms with Crippen molar-refractivity contribution in [1.29, 1.82) is 0 Å². The Kier molecular flexibility index (Phi) is 7.84. The number of ether oxygens (including phenoxy) is 2. The molecule has 0 bridgehead atoms. The van der Waals surface area contributed by atoms with Crippen LogP contribution in [0.4, 0.5) is 0 Å². The van der Waals surface area contributed by atoms with E-state index in [1.807, 2.05) is 0 Å². The number of rotatable bonds is 4.